The molecule has 1 aliphatic heterocycles. The number of ether oxygens (including phenoxy) is 1. The van der Waals surface area contributed by atoms with Crippen LogP contribution in [0.4, 0.5) is 5.82 Å². The van der Waals surface area contributed by atoms with Gasteiger partial charge in [-0.1, -0.05) is 18.2 Å². The predicted octanol–water partition coefficient (Wildman–Crippen LogP) is 0.0321. The van der Waals surface area contributed by atoms with Crippen LogP contribution in [0, 0.1) is 6.57 Å². The molecule has 116 valence electrons. The standard InChI is InChI=1S/C12H12ClN5O4/c1-12(21)7(20)5(3-19)22-11(12)18-10-6(9(14-2)17-18)8(13)15-4-16-10/h4-5,7,11,19-21H,3H2,1H3/t5?,7?,11?,12-/m1/s1. The van der Waals surface area contributed by atoms with Gasteiger partial charge in [0, 0.05) is 0 Å². The van der Waals surface area contributed by atoms with Crippen molar-refractivity contribution in [3.63, 3.8) is 0 Å². The quantitative estimate of drug-likeness (QED) is 0.526. The van der Waals surface area contributed by atoms with Crippen LogP contribution in [0.3, 0.4) is 0 Å². The van der Waals surface area contributed by atoms with Gasteiger partial charge in [-0.3, -0.25) is 0 Å². The Labute approximate surface area is 129 Å². The number of aromatic nitrogens is 4. The van der Waals surface area contributed by atoms with Crippen LogP contribution < -0.4 is 0 Å². The Morgan fingerprint density at radius 3 is 2.86 bits per heavy atom. The summed E-state index contributed by atoms with van der Waals surface area (Å²) >= 11 is 5.98. The smallest absolute Gasteiger partial charge is 0.308 e. The maximum absolute atomic E-state index is 10.5. The summed E-state index contributed by atoms with van der Waals surface area (Å²) in [5.41, 5.74) is -1.54. The topological polar surface area (TPSA) is 118 Å². The minimum Gasteiger partial charge on any atom is -0.394 e. The number of fused-ring (bicyclic) bond motifs is 1. The first-order valence-corrected chi connectivity index (χ1v) is 6.72. The van der Waals surface area contributed by atoms with Crippen molar-refractivity contribution in [2.75, 3.05) is 6.61 Å². The average molecular weight is 326 g/mol. The summed E-state index contributed by atoms with van der Waals surface area (Å²) in [5.74, 6) is -0.0399. The fourth-order valence-corrected chi connectivity index (χ4v) is 2.72. The van der Waals surface area contributed by atoms with E-state index in [0.29, 0.717) is 0 Å². The molecule has 3 heterocycles. The first-order valence-electron chi connectivity index (χ1n) is 6.34. The molecule has 0 bridgehead atoms. The third-order valence-corrected chi connectivity index (χ3v) is 3.97. The number of hydrogen-bond acceptors (Lipinski definition) is 7. The molecule has 1 fully saturated rings. The zero-order valence-corrected chi connectivity index (χ0v) is 12.1. The van der Waals surface area contributed by atoms with Gasteiger partial charge < -0.3 is 24.9 Å². The molecule has 0 aromatic carbocycles. The minimum absolute atomic E-state index is 0.0399. The summed E-state index contributed by atoms with van der Waals surface area (Å²) in [6.07, 6.45) is -2.24. The molecule has 0 aliphatic carbocycles. The third kappa shape index (κ3) is 1.97. The van der Waals surface area contributed by atoms with Crippen LogP contribution in [0.2, 0.25) is 5.15 Å². The Kier molecular flexibility index (Phi) is 3.51. The third-order valence-electron chi connectivity index (χ3n) is 3.69. The van der Waals surface area contributed by atoms with Crippen LogP contribution >= 0.6 is 11.6 Å². The Morgan fingerprint density at radius 1 is 1.55 bits per heavy atom. The molecule has 1 saturated heterocycles. The molecule has 4 atom stereocenters. The second-order valence-corrected chi connectivity index (χ2v) is 5.48. The lowest BCUT2D eigenvalue weighted by Crippen LogP contribution is -2.44. The van der Waals surface area contributed by atoms with Crippen molar-refractivity contribution in [1.29, 1.82) is 0 Å². The summed E-state index contributed by atoms with van der Waals surface area (Å²) in [6, 6.07) is 0. The number of rotatable bonds is 2. The molecular weight excluding hydrogens is 314 g/mol. The van der Waals surface area contributed by atoms with E-state index >= 15 is 0 Å². The molecular formula is C12H12ClN5O4. The molecule has 22 heavy (non-hydrogen) atoms. The van der Waals surface area contributed by atoms with Gasteiger partial charge in [-0.05, 0) is 12.0 Å². The van der Waals surface area contributed by atoms with Crippen LogP contribution in [0.5, 0.6) is 0 Å². The highest BCUT2D eigenvalue weighted by Crippen LogP contribution is 2.41. The molecule has 0 radical (unpaired) electrons. The number of halogens is 1. The zero-order chi connectivity index (χ0) is 16.1. The van der Waals surface area contributed by atoms with Crippen LogP contribution in [0.25, 0.3) is 15.9 Å². The first kappa shape index (κ1) is 15.1. The molecule has 0 spiro atoms. The van der Waals surface area contributed by atoms with E-state index in [9.17, 15) is 15.3 Å². The predicted molar refractivity (Wildman–Crippen MR) is 74.2 cm³/mol. The highest BCUT2D eigenvalue weighted by Gasteiger charge is 2.54. The van der Waals surface area contributed by atoms with Crippen molar-refractivity contribution in [3.8, 4) is 0 Å². The lowest BCUT2D eigenvalue weighted by atomic mass is 9.97. The number of nitrogens with zero attached hydrogens (tertiary/aromatic N) is 5. The second kappa shape index (κ2) is 5.12. The fraction of sp³-hybridized carbons (Fsp3) is 0.500. The largest absolute Gasteiger partial charge is 0.394 e. The maximum Gasteiger partial charge on any atom is 0.308 e. The van der Waals surface area contributed by atoms with Crippen molar-refractivity contribution in [3.05, 3.63) is 22.9 Å². The number of hydrogen-bond donors (Lipinski definition) is 3. The molecule has 2 aromatic heterocycles. The van der Waals surface area contributed by atoms with Crippen molar-refractivity contribution in [1.82, 2.24) is 19.7 Å². The highest BCUT2D eigenvalue weighted by molar-refractivity contribution is 6.34. The van der Waals surface area contributed by atoms with E-state index in [4.69, 9.17) is 22.9 Å². The van der Waals surface area contributed by atoms with Gasteiger partial charge >= 0.3 is 5.82 Å². The molecule has 3 N–H and O–H groups in total. The number of aliphatic hydroxyl groups is 3. The number of aliphatic hydroxyl groups excluding tert-OH is 2. The molecule has 10 heteroatoms. The maximum atomic E-state index is 10.5. The molecule has 2 aromatic rings. The zero-order valence-electron chi connectivity index (χ0n) is 11.4. The highest BCUT2D eigenvalue weighted by atomic mass is 35.5. The Balaban J connectivity index is 2.20. The molecule has 1 aliphatic rings. The normalized spacial score (nSPS) is 31.5. The summed E-state index contributed by atoms with van der Waals surface area (Å²) in [5, 5.41) is 34.1. The molecule has 9 nitrogen and oxygen atoms in total. The van der Waals surface area contributed by atoms with Crippen LogP contribution in [0.15, 0.2) is 6.33 Å². The Hall–Kier alpha value is -1.83. The first-order chi connectivity index (χ1) is 10.4. The average Bonchev–Trinajstić information content (AvgIpc) is 2.97. The summed E-state index contributed by atoms with van der Waals surface area (Å²) < 4.78 is 6.65. The molecule has 3 unspecified atom stereocenters. The van der Waals surface area contributed by atoms with E-state index in [2.05, 4.69) is 19.9 Å². The van der Waals surface area contributed by atoms with Gasteiger partial charge in [0.2, 0.25) is 6.23 Å². The summed E-state index contributed by atoms with van der Waals surface area (Å²) in [6.45, 7) is 8.04. The van der Waals surface area contributed by atoms with Crippen molar-refractivity contribution >= 4 is 28.5 Å². The van der Waals surface area contributed by atoms with Gasteiger partial charge in [0.1, 0.15) is 29.3 Å². The molecule has 3 rings (SSSR count). The van der Waals surface area contributed by atoms with E-state index in [1.54, 1.807) is 0 Å². The van der Waals surface area contributed by atoms with E-state index in [1.807, 2.05) is 0 Å². The van der Waals surface area contributed by atoms with Crippen LogP contribution in [-0.4, -0.2) is 59.5 Å². The Morgan fingerprint density at radius 2 is 2.27 bits per heavy atom. The monoisotopic (exact) mass is 325 g/mol. The van der Waals surface area contributed by atoms with E-state index in [1.165, 1.54) is 17.9 Å². The lowest BCUT2D eigenvalue weighted by Gasteiger charge is -2.25. The van der Waals surface area contributed by atoms with Crippen molar-refractivity contribution < 1.29 is 20.1 Å². The van der Waals surface area contributed by atoms with E-state index < -0.39 is 30.6 Å². The van der Waals surface area contributed by atoms with Gasteiger partial charge in [-0.15, -0.1) is 4.68 Å². The summed E-state index contributed by atoms with van der Waals surface area (Å²) in [7, 11) is 0. The molecule has 0 saturated carbocycles. The van der Waals surface area contributed by atoms with Crippen molar-refractivity contribution in [2.45, 2.75) is 31.0 Å². The lowest BCUT2D eigenvalue weighted by molar-refractivity contribution is -0.100. The van der Waals surface area contributed by atoms with Gasteiger partial charge in [-0.25, -0.2) is 9.97 Å². The van der Waals surface area contributed by atoms with Gasteiger partial charge in [0.05, 0.1) is 12.0 Å². The van der Waals surface area contributed by atoms with E-state index in [-0.39, 0.29) is 22.0 Å². The van der Waals surface area contributed by atoms with Crippen molar-refractivity contribution in [2.24, 2.45) is 0 Å². The van der Waals surface area contributed by atoms with Gasteiger partial charge in [-0.2, -0.15) is 0 Å². The summed E-state index contributed by atoms with van der Waals surface area (Å²) in [4.78, 5) is 11.1. The van der Waals surface area contributed by atoms with E-state index in [0.717, 1.165) is 0 Å². The minimum atomic E-state index is -1.73. The van der Waals surface area contributed by atoms with Crippen LogP contribution in [-0.2, 0) is 4.74 Å². The Bertz CT molecular complexity index is 771. The SMILES string of the molecule is [C-]#[N+]c1nn(C2OC(CO)C(O)[C@@]2(C)O)c2ncnc(Cl)c12. The fourth-order valence-electron chi connectivity index (χ4n) is 2.51. The van der Waals surface area contributed by atoms with Gasteiger partial charge in [0.15, 0.2) is 5.65 Å². The molecule has 0 amide bonds. The van der Waals surface area contributed by atoms with Gasteiger partial charge in [0.25, 0.3) is 0 Å². The van der Waals surface area contributed by atoms with Crippen LogP contribution in [0.1, 0.15) is 13.2 Å². The second-order valence-electron chi connectivity index (χ2n) is 5.12.